The van der Waals surface area contributed by atoms with E-state index in [2.05, 4.69) is 17.4 Å². The first-order valence-corrected chi connectivity index (χ1v) is 9.94. The third kappa shape index (κ3) is 4.15. The highest BCUT2D eigenvalue weighted by Crippen LogP contribution is 2.44. The van der Waals surface area contributed by atoms with E-state index in [1.54, 1.807) is 0 Å². The highest BCUT2D eigenvalue weighted by atomic mass is 19.1. The first-order chi connectivity index (χ1) is 15.5. The van der Waals surface area contributed by atoms with Gasteiger partial charge in [-0.3, -0.25) is 10.1 Å². The predicted octanol–water partition coefficient (Wildman–Crippen LogP) is 4.87. The number of ether oxygens (including phenoxy) is 1. The standard InChI is InChI=1S/C24H20FN3O4/c25-21-13-22(26)23(28(30)31)12-15(21)6-5-11-27-24(29)32-14-20-18-9-3-1-7-16(18)17-8-2-4-10-19(17)20/h1-10,12-13,20H,11,14,26H2,(H,27,29). The minimum absolute atomic E-state index is 0.000219. The highest BCUT2D eigenvalue weighted by Gasteiger charge is 2.28. The number of nitrogens with zero attached hydrogens (tertiary/aromatic N) is 1. The van der Waals surface area contributed by atoms with Gasteiger partial charge in [0.15, 0.2) is 0 Å². The topological polar surface area (TPSA) is 107 Å². The van der Waals surface area contributed by atoms with Crippen LogP contribution in [0.1, 0.15) is 22.6 Å². The van der Waals surface area contributed by atoms with Gasteiger partial charge in [-0.2, -0.15) is 0 Å². The number of hydrogen-bond acceptors (Lipinski definition) is 5. The number of nitrogens with two attached hydrogens (primary N) is 1. The minimum Gasteiger partial charge on any atom is -0.449 e. The zero-order valence-corrected chi connectivity index (χ0v) is 17.0. The first kappa shape index (κ1) is 21.0. The Morgan fingerprint density at radius 3 is 2.38 bits per heavy atom. The second-order valence-electron chi connectivity index (χ2n) is 7.30. The van der Waals surface area contributed by atoms with Crippen LogP contribution in [0.4, 0.5) is 20.6 Å². The van der Waals surface area contributed by atoms with Crippen LogP contribution in [0.25, 0.3) is 17.2 Å². The molecule has 3 aromatic carbocycles. The van der Waals surface area contributed by atoms with Crippen LogP contribution in [0, 0.1) is 15.9 Å². The largest absolute Gasteiger partial charge is 0.449 e. The van der Waals surface area contributed by atoms with E-state index in [9.17, 15) is 19.3 Å². The summed E-state index contributed by atoms with van der Waals surface area (Å²) in [6, 6.07) is 18.0. The van der Waals surface area contributed by atoms with E-state index in [4.69, 9.17) is 10.5 Å². The Hall–Kier alpha value is -4.20. The first-order valence-electron chi connectivity index (χ1n) is 9.94. The number of carbonyl (C=O) groups excluding carboxylic acids is 1. The lowest BCUT2D eigenvalue weighted by Crippen LogP contribution is -2.26. The maximum absolute atomic E-state index is 13.9. The van der Waals surface area contributed by atoms with Gasteiger partial charge in [-0.1, -0.05) is 60.7 Å². The number of benzene rings is 3. The average molecular weight is 433 g/mol. The number of nitro benzene ring substituents is 1. The van der Waals surface area contributed by atoms with Crippen molar-refractivity contribution in [3.63, 3.8) is 0 Å². The van der Waals surface area contributed by atoms with Gasteiger partial charge in [0.1, 0.15) is 18.1 Å². The molecule has 0 saturated heterocycles. The van der Waals surface area contributed by atoms with Crippen LogP contribution in [-0.2, 0) is 4.74 Å². The van der Waals surface area contributed by atoms with Crippen molar-refractivity contribution in [1.29, 1.82) is 0 Å². The number of alkyl carbamates (subject to hydrolysis) is 1. The normalized spacial score (nSPS) is 12.4. The van der Waals surface area contributed by atoms with Crippen molar-refractivity contribution >= 4 is 23.5 Å². The summed E-state index contributed by atoms with van der Waals surface area (Å²) < 4.78 is 19.4. The molecule has 0 radical (unpaired) electrons. The van der Waals surface area contributed by atoms with Gasteiger partial charge in [0, 0.05) is 30.2 Å². The summed E-state index contributed by atoms with van der Waals surface area (Å²) in [7, 11) is 0. The second kappa shape index (κ2) is 8.89. The van der Waals surface area contributed by atoms with E-state index in [1.807, 2.05) is 36.4 Å². The van der Waals surface area contributed by atoms with E-state index < -0.39 is 16.8 Å². The van der Waals surface area contributed by atoms with Crippen molar-refractivity contribution in [3.8, 4) is 11.1 Å². The lowest BCUT2D eigenvalue weighted by Gasteiger charge is -2.14. The van der Waals surface area contributed by atoms with Crippen LogP contribution in [0.5, 0.6) is 0 Å². The number of halogens is 1. The van der Waals surface area contributed by atoms with E-state index >= 15 is 0 Å². The molecule has 0 aliphatic heterocycles. The van der Waals surface area contributed by atoms with Gasteiger partial charge in [0.25, 0.3) is 5.69 Å². The number of fused-ring (bicyclic) bond motifs is 3. The number of anilines is 1. The van der Waals surface area contributed by atoms with Crippen LogP contribution >= 0.6 is 0 Å². The van der Waals surface area contributed by atoms with Crippen molar-refractivity contribution in [2.24, 2.45) is 0 Å². The third-order valence-electron chi connectivity index (χ3n) is 5.35. The molecular weight excluding hydrogens is 413 g/mol. The van der Waals surface area contributed by atoms with Gasteiger partial charge >= 0.3 is 6.09 Å². The molecule has 0 saturated carbocycles. The fraction of sp³-hybridized carbons (Fsp3) is 0.125. The molecule has 4 rings (SSSR count). The van der Waals surface area contributed by atoms with Crippen molar-refractivity contribution in [3.05, 3.63) is 99.4 Å². The second-order valence-corrected chi connectivity index (χ2v) is 7.30. The van der Waals surface area contributed by atoms with Gasteiger partial charge in [-0.25, -0.2) is 9.18 Å². The minimum atomic E-state index is -0.689. The van der Waals surface area contributed by atoms with Crippen LogP contribution < -0.4 is 11.1 Å². The predicted molar refractivity (Wildman–Crippen MR) is 120 cm³/mol. The van der Waals surface area contributed by atoms with Crippen LogP contribution in [0.15, 0.2) is 66.7 Å². The van der Waals surface area contributed by atoms with Crippen LogP contribution in [0.3, 0.4) is 0 Å². The highest BCUT2D eigenvalue weighted by molar-refractivity contribution is 5.79. The summed E-state index contributed by atoms with van der Waals surface area (Å²) in [6.45, 7) is 0.247. The third-order valence-corrected chi connectivity index (χ3v) is 5.35. The Morgan fingerprint density at radius 2 is 1.75 bits per heavy atom. The average Bonchev–Trinajstić information content (AvgIpc) is 3.10. The van der Waals surface area contributed by atoms with Crippen molar-refractivity contribution < 1.29 is 18.8 Å². The van der Waals surface area contributed by atoms with E-state index in [0.717, 1.165) is 34.4 Å². The van der Waals surface area contributed by atoms with Crippen LogP contribution in [0.2, 0.25) is 0 Å². The molecule has 0 atom stereocenters. The number of rotatable bonds is 6. The number of nitro groups is 1. The molecular formula is C24H20FN3O4. The summed E-state index contributed by atoms with van der Waals surface area (Å²) in [4.78, 5) is 22.4. The summed E-state index contributed by atoms with van der Waals surface area (Å²) >= 11 is 0. The number of nitrogens with one attached hydrogen (secondary N) is 1. The summed E-state index contributed by atoms with van der Waals surface area (Å²) in [6.07, 6.45) is 2.20. The van der Waals surface area contributed by atoms with Crippen molar-refractivity contribution in [2.75, 3.05) is 18.9 Å². The maximum Gasteiger partial charge on any atom is 0.407 e. The van der Waals surface area contributed by atoms with Gasteiger partial charge in [0.05, 0.1) is 4.92 Å². The lowest BCUT2D eigenvalue weighted by atomic mass is 9.98. The van der Waals surface area contributed by atoms with Crippen molar-refractivity contribution in [1.82, 2.24) is 5.32 Å². The fourth-order valence-electron chi connectivity index (χ4n) is 3.86. The molecule has 7 nitrogen and oxygen atoms in total. The Morgan fingerprint density at radius 1 is 1.12 bits per heavy atom. The van der Waals surface area contributed by atoms with Gasteiger partial charge in [0.2, 0.25) is 0 Å². The Bertz CT molecular complexity index is 1180. The number of carbonyl (C=O) groups is 1. The molecule has 0 bridgehead atoms. The molecule has 1 amide bonds. The molecule has 162 valence electrons. The monoisotopic (exact) mass is 433 g/mol. The molecule has 8 heteroatoms. The quantitative estimate of drug-likeness (QED) is 0.328. The molecule has 0 fully saturated rings. The number of nitrogen functional groups attached to an aromatic ring is 1. The molecule has 0 heterocycles. The Balaban J connectivity index is 1.35. The molecule has 32 heavy (non-hydrogen) atoms. The van der Waals surface area contributed by atoms with E-state index in [1.165, 1.54) is 12.2 Å². The molecule has 0 aromatic heterocycles. The molecule has 1 aliphatic carbocycles. The number of amides is 1. The fourth-order valence-corrected chi connectivity index (χ4v) is 3.86. The number of hydrogen-bond donors (Lipinski definition) is 2. The molecule has 0 unspecified atom stereocenters. The molecule has 3 N–H and O–H groups in total. The smallest absolute Gasteiger partial charge is 0.407 e. The van der Waals surface area contributed by atoms with Gasteiger partial charge in [-0.15, -0.1) is 0 Å². The Labute approximate surface area is 183 Å². The maximum atomic E-state index is 13.9. The zero-order chi connectivity index (χ0) is 22.7. The van der Waals surface area contributed by atoms with Gasteiger partial charge < -0.3 is 15.8 Å². The van der Waals surface area contributed by atoms with Gasteiger partial charge in [-0.05, 0) is 22.3 Å². The molecule has 0 spiro atoms. The summed E-state index contributed by atoms with van der Waals surface area (Å²) in [5.74, 6) is -0.737. The van der Waals surface area contributed by atoms with Crippen LogP contribution in [-0.4, -0.2) is 24.2 Å². The van der Waals surface area contributed by atoms with Crippen molar-refractivity contribution in [2.45, 2.75) is 5.92 Å². The summed E-state index contributed by atoms with van der Waals surface area (Å²) in [5, 5.41) is 13.5. The van der Waals surface area contributed by atoms with E-state index in [0.29, 0.717) is 0 Å². The molecule has 3 aromatic rings. The zero-order valence-electron chi connectivity index (χ0n) is 17.0. The lowest BCUT2D eigenvalue weighted by molar-refractivity contribution is -0.384. The SMILES string of the molecule is Nc1cc(F)c(C=CCNC(=O)OCC2c3ccccc3-c3ccccc32)cc1[N+](=O)[O-]. The Kier molecular flexibility index (Phi) is 5.85. The summed E-state index contributed by atoms with van der Waals surface area (Å²) in [5.41, 5.74) is 9.33. The van der Waals surface area contributed by atoms with E-state index in [-0.39, 0.29) is 36.0 Å². The molecule has 1 aliphatic rings.